The number of rotatable bonds is 10. The fourth-order valence-corrected chi connectivity index (χ4v) is 10.1. The summed E-state index contributed by atoms with van der Waals surface area (Å²) in [6.07, 6.45) is 8.39. The van der Waals surface area contributed by atoms with E-state index in [1.807, 2.05) is 45.0 Å². The third-order valence-corrected chi connectivity index (χ3v) is 13.8. The lowest BCUT2D eigenvalue weighted by atomic mass is 9.83. The molecule has 0 aliphatic carbocycles. The van der Waals surface area contributed by atoms with E-state index >= 15 is 4.39 Å². The number of anilines is 2. The number of hydrogen-bond donors (Lipinski definition) is 2. The number of fused-ring (bicyclic) bond motifs is 2. The molecule has 4 aliphatic heterocycles. The minimum absolute atomic E-state index is 0.0431. The number of aryl methyl sites for hydroxylation is 2. The van der Waals surface area contributed by atoms with Crippen LogP contribution >= 0.6 is 0 Å². The summed E-state index contributed by atoms with van der Waals surface area (Å²) in [5, 5.41) is 10.8. The van der Waals surface area contributed by atoms with Gasteiger partial charge in [-0.1, -0.05) is 35.6 Å². The van der Waals surface area contributed by atoms with Crippen molar-refractivity contribution < 1.29 is 28.4 Å². The zero-order valence-electron chi connectivity index (χ0n) is 37.0. The van der Waals surface area contributed by atoms with Gasteiger partial charge in [-0.2, -0.15) is 0 Å². The molecule has 2 aromatic heterocycles. The number of carbonyl (C=O) groups is 5. The largest absolute Gasteiger partial charge is 0.371 e. The van der Waals surface area contributed by atoms with Gasteiger partial charge < -0.3 is 19.7 Å². The fourth-order valence-electron chi connectivity index (χ4n) is 10.1. The molecule has 5 aromatic rings. The van der Waals surface area contributed by atoms with Gasteiger partial charge in [0.2, 0.25) is 23.6 Å². The van der Waals surface area contributed by atoms with Crippen molar-refractivity contribution in [2.45, 2.75) is 90.1 Å². The predicted molar refractivity (Wildman–Crippen MR) is 242 cm³/mol. The number of hydrogen-bond acceptors (Lipinski definition) is 8. The summed E-state index contributed by atoms with van der Waals surface area (Å²) >= 11 is 0. The number of halogens is 1. The van der Waals surface area contributed by atoms with Crippen LogP contribution in [0.5, 0.6) is 0 Å². The van der Waals surface area contributed by atoms with E-state index in [-0.39, 0.29) is 54.4 Å². The summed E-state index contributed by atoms with van der Waals surface area (Å²) < 4.78 is 18.5. The Morgan fingerprint density at radius 3 is 2.47 bits per heavy atom. The molecular formula is C49H54FN9O5. The minimum atomic E-state index is -0.855. The van der Waals surface area contributed by atoms with Gasteiger partial charge in [0.15, 0.2) is 5.82 Å². The van der Waals surface area contributed by atoms with E-state index < -0.39 is 23.2 Å². The van der Waals surface area contributed by atoms with Crippen LogP contribution in [0.15, 0.2) is 67.0 Å². The molecular weight excluding hydrogens is 814 g/mol. The zero-order valence-corrected chi connectivity index (χ0v) is 37.0. The van der Waals surface area contributed by atoms with Crippen LogP contribution < -0.4 is 15.1 Å². The molecule has 9 rings (SSSR count). The third kappa shape index (κ3) is 7.53. The number of H-pyrrole nitrogens is 1. The number of nitrogens with zero attached hydrogens (tertiary/aromatic N) is 7. The van der Waals surface area contributed by atoms with Gasteiger partial charge in [-0.3, -0.25) is 38.9 Å². The van der Waals surface area contributed by atoms with Crippen LogP contribution in [0.3, 0.4) is 0 Å². The van der Waals surface area contributed by atoms with E-state index in [0.717, 1.165) is 65.1 Å². The summed E-state index contributed by atoms with van der Waals surface area (Å²) in [5.74, 6) is -1.34. The first kappa shape index (κ1) is 42.7. The highest BCUT2D eigenvalue weighted by molar-refractivity contribution is 6.15. The molecule has 0 bridgehead atoms. The molecule has 3 aromatic carbocycles. The van der Waals surface area contributed by atoms with Crippen LogP contribution in [0.4, 0.5) is 15.8 Å². The summed E-state index contributed by atoms with van der Waals surface area (Å²) in [5.41, 5.74) is 7.42. The Labute approximate surface area is 371 Å². The van der Waals surface area contributed by atoms with Crippen molar-refractivity contribution in [2.75, 3.05) is 49.6 Å². The highest BCUT2D eigenvalue weighted by Gasteiger charge is 2.50. The molecule has 1 unspecified atom stereocenters. The normalized spacial score (nSPS) is 19.0. The topological polar surface area (TPSA) is 157 Å². The first-order chi connectivity index (χ1) is 30.7. The Morgan fingerprint density at radius 1 is 0.969 bits per heavy atom. The molecule has 4 aliphatic rings. The van der Waals surface area contributed by atoms with E-state index in [0.29, 0.717) is 49.1 Å². The van der Waals surface area contributed by atoms with E-state index in [1.54, 1.807) is 44.9 Å². The summed E-state index contributed by atoms with van der Waals surface area (Å²) in [6.45, 7) is 11.0. The van der Waals surface area contributed by atoms with Gasteiger partial charge in [-0.15, -0.1) is 5.10 Å². The van der Waals surface area contributed by atoms with Crippen molar-refractivity contribution in [2.24, 2.45) is 0 Å². The lowest BCUT2D eigenvalue weighted by Gasteiger charge is -2.36. The molecule has 1 atom stereocenters. The van der Waals surface area contributed by atoms with E-state index in [1.165, 1.54) is 5.56 Å². The zero-order chi connectivity index (χ0) is 45.0. The molecule has 2 fully saturated rings. The molecule has 14 nitrogen and oxygen atoms in total. The van der Waals surface area contributed by atoms with Crippen molar-refractivity contribution >= 4 is 57.4 Å². The lowest BCUT2D eigenvalue weighted by Crippen LogP contribution is -2.55. The van der Waals surface area contributed by atoms with Crippen LogP contribution in [-0.2, 0) is 31.1 Å². The third-order valence-electron chi connectivity index (χ3n) is 13.8. The summed E-state index contributed by atoms with van der Waals surface area (Å²) in [7, 11) is 1.72. The van der Waals surface area contributed by atoms with Crippen molar-refractivity contribution in [3.8, 4) is 11.1 Å². The number of aromatic nitrogens is 4. The Kier molecular flexibility index (Phi) is 11.2. The monoisotopic (exact) mass is 867 g/mol. The maximum absolute atomic E-state index is 16.8. The van der Waals surface area contributed by atoms with Gasteiger partial charge in [0.05, 0.1) is 29.4 Å². The predicted octanol–water partition coefficient (Wildman–Crippen LogP) is 6.49. The van der Waals surface area contributed by atoms with Gasteiger partial charge in [0, 0.05) is 81.0 Å². The Hall–Kier alpha value is -6.64. The quantitative estimate of drug-likeness (QED) is 0.151. The van der Waals surface area contributed by atoms with Crippen LogP contribution in [0.2, 0.25) is 0 Å². The standard InChI is InChI=1S/C49H54FN9O5/c1-6-55(5)47(63)37-27-36-35(26-34(44(50)45(36)52-37)32-9-8-20-57(28-32)42(61)18-23-58-24-19-51-54-58)33-13-12-31(25-29(33)2)30-16-21-56(22-17-30)38-10-7-11-39-43(38)49(3,4)48(64)59(39)40-14-15-41(60)53-46(40)62/h7,9-13,19,24-27,30,40,52H,6,8,14-18,20-23,28H2,1-5H3,(H,53,60,62). The van der Waals surface area contributed by atoms with Crippen LogP contribution in [0.1, 0.15) is 98.0 Å². The molecule has 0 saturated carbocycles. The Bertz CT molecular complexity index is 2730. The highest BCUT2D eigenvalue weighted by Crippen LogP contribution is 2.49. The average molecular weight is 868 g/mol. The SMILES string of the molecule is CCN(C)C(=O)c1cc2c(-c3ccc(C4CCN(c5cccc6c5C(C)(C)C(=O)N6C5CCC(=O)NC5=O)CC4)cc3C)cc(C3=CCCN(C(=O)CCn4ccnn4)C3)c(F)c2[nH]1. The maximum Gasteiger partial charge on any atom is 0.270 e. The van der Waals surface area contributed by atoms with Crippen molar-refractivity contribution in [1.82, 2.24) is 35.1 Å². The smallest absolute Gasteiger partial charge is 0.270 e. The number of nitrogens with one attached hydrogen (secondary N) is 2. The number of benzene rings is 3. The molecule has 64 heavy (non-hydrogen) atoms. The average Bonchev–Trinajstić information content (AvgIpc) is 4.04. The summed E-state index contributed by atoms with van der Waals surface area (Å²) in [6, 6.07) is 15.3. The Morgan fingerprint density at radius 2 is 1.75 bits per heavy atom. The van der Waals surface area contributed by atoms with E-state index in [9.17, 15) is 24.0 Å². The van der Waals surface area contributed by atoms with Gasteiger partial charge in [-0.05, 0) is 111 Å². The van der Waals surface area contributed by atoms with Crippen LogP contribution in [-0.4, -0.2) is 105 Å². The van der Waals surface area contributed by atoms with E-state index in [2.05, 4.69) is 56.7 Å². The molecule has 5 amide bonds. The summed E-state index contributed by atoms with van der Waals surface area (Å²) in [4.78, 5) is 76.1. The molecule has 332 valence electrons. The molecule has 2 saturated heterocycles. The van der Waals surface area contributed by atoms with Crippen molar-refractivity contribution in [1.29, 1.82) is 0 Å². The second-order valence-electron chi connectivity index (χ2n) is 18.1. The van der Waals surface area contributed by atoms with Crippen molar-refractivity contribution in [3.05, 3.63) is 101 Å². The maximum atomic E-state index is 16.8. The van der Waals surface area contributed by atoms with Crippen LogP contribution in [0, 0.1) is 12.7 Å². The highest BCUT2D eigenvalue weighted by atomic mass is 19.1. The molecule has 15 heteroatoms. The number of amides is 5. The minimum Gasteiger partial charge on any atom is -0.371 e. The first-order valence-corrected chi connectivity index (χ1v) is 22.3. The number of imide groups is 1. The van der Waals surface area contributed by atoms with Gasteiger partial charge in [0.1, 0.15) is 11.7 Å². The van der Waals surface area contributed by atoms with Crippen LogP contribution in [0.25, 0.3) is 27.6 Å². The molecule has 0 spiro atoms. The fraction of sp³-hybridized carbons (Fsp3) is 0.408. The van der Waals surface area contributed by atoms with E-state index in [4.69, 9.17) is 0 Å². The molecule has 0 radical (unpaired) electrons. The number of aromatic amines is 1. The number of piperidine rings is 2. The van der Waals surface area contributed by atoms with Gasteiger partial charge >= 0.3 is 0 Å². The second-order valence-corrected chi connectivity index (χ2v) is 18.1. The van der Waals surface area contributed by atoms with Gasteiger partial charge in [0.25, 0.3) is 5.91 Å². The molecule has 6 heterocycles. The molecule has 2 N–H and O–H groups in total. The lowest BCUT2D eigenvalue weighted by molar-refractivity contribution is -0.136. The van der Waals surface area contributed by atoms with Crippen molar-refractivity contribution in [3.63, 3.8) is 0 Å². The second kappa shape index (κ2) is 16.8. The Balaban J connectivity index is 0.980. The van der Waals surface area contributed by atoms with Gasteiger partial charge in [-0.25, -0.2) is 4.39 Å². The first-order valence-electron chi connectivity index (χ1n) is 22.3. The number of carbonyl (C=O) groups excluding carboxylic acids is 5.